The van der Waals surface area contributed by atoms with E-state index in [2.05, 4.69) is 10.2 Å². The number of nitrogens with two attached hydrogens (primary N) is 1. The van der Waals surface area contributed by atoms with Crippen molar-refractivity contribution in [3.05, 3.63) is 40.9 Å². The fourth-order valence-corrected chi connectivity index (χ4v) is 4.36. The number of amides is 1. The molecule has 1 aliphatic rings. The van der Waals surface area contributed by atoms with Gasteiger partial charge in [-0.2, -0.15) is 0 Å². The molecule has 1 heterocycles. The molecule has 9 heteroatoms. The Bertz CT molecular complexity index is 980. The van der Waals surface area contributed by atoms with Gasteiger partial charge in [0.15, 0.2) is 11.5 Å². The molecule has 35 heavy (non-hydrogen) atoms. The Morgan fingerprint density at radius 3 is 2.43 bits per heavy atom. The monoisotopic (exact) mass is 505 g/mol. The quantitative estimate of drug-likeness (QED) is 0.329. The highest BCUT2D eigenvalue weighted by atomic mass is 35.5. The van der Waals surface area contributed by atoms with Gasteiger partial charge in [0.25, 0.3) is 5.91 Å². The first-order valence-corrected chi connectivity index (χ1v) is 12.3. The van der Waals surface area contributed by atoms with Crippen molar-refractivity contribution in [2.24, 2.45) is 5.92 Å². The third-order valence-corrected chi connectivity index (χ3v) is 6.64. The Labute approximate surface area is 212 Å². The van der Waals surface area contributed by atoms with E-state index >= 15 is 0 Å². The minimum absolute atomic E-state index is 0.194. The first-order valence-electron chi connectivity index (χ1n) is 11.9. The van der Waals surface area contributed by atoms with Gasteiger partial charge >= 0.3 is 0 Å². The Morgan fingerprint density at radius 2 is 1.74 bits per heavy atom. The summed E-state index contributed by atoms with van der Waals surface area (Å²) in [5, 5.41) is 3.37. The van der Waals surface area contributed by atoms with Gasteiger partial charge in [-0.05, 0) is 69.4 Å². The number of benzene rings is 2. The third-order valence-electron chi connectivity index (χ3n) is 6.31. The average molecular weight is 506 g/mol. The normalized spacial score (nSPS) is 14.4. The number of hydrogen-bond donors (Lipinski definition) is 2. The molecule has 192 valence electrons. The number of rotatable bonds is 12. The van der Waals surface area contributed by atoms with Gasteiger partial charge < -0.3 is 34.9 Å². The van der Waals surface area contributed by atoms with Crippen molar-refractivity contribution in [3.63, 3.8) is 0 Å². The third kappa shape index (κ3) is 7.57. The highest BCUT2D eigenvalue weighted by Gasteiger charge is 2.21. The second-order valence-corrected chi connectivity index (χ2v) is 9.05. The van der Waals surface area contributed by atoms with E-state index in [0.717, 1.165) is 51.1 Å². The molecule has 1 fully saturated rings. The van der Waals surface area contributed by atoms with Crippen LogP contribution in [0.2, 0.25) is 5.02 Å². The molecule has 0 radical (unpaired) electrons. The molecule has 0 aliphatic carbocycles. The van der Waals surface area contributed by atoms with E-state index < -0.39 is 0 Å². The van der Waals surface area contributed by atoms with Gasteiger partial charge in [0.05, 0.1) is 44.2 Å². The molecule has 1 saturated heterocycles. The SMILES string of the molecule is COc1ccc(OCCCCN2CCC(CNC(=O)c3cc(Cl)c(N)cc3OC)CC2)cc1OC. The van der Waals surface area contributed by atoms with Gasteiger partial charge in [0.2, 0.25) is 0 Å². The lowest BCUT2D eigenvalue weighted by Gasteiger charge is -2.32. The van der Waals surface area contributed by atoms with Gasteiger partial charge in [-0.15, -0.1) is 0 Å². The Kier molecular flexibility index (Phi) is 10.2. The Hall–Kier alpha value is -2.84. The van der Waals surface area contributed by atoms with Crippen molar-refractivity contribution in [2.75, 3.05) is 59.8 Å². The van der Waals surface area contributed by atoms with Gasteiger partial charge in [0.1, 0.15) is 11.5 Å². The van der Waals surface area contributed by atoms with E-state index in [1.807, 2.05) is 18.2 Å². The summed E-state index contributed by atoms with van der Waals surface area (Å²) >= 11 is 6.08. The maximum atomic E-state index is 12.6. The molecular weight excluding hydrogens is 470 g/mol. The molecule has 2 aromatic rings. The zero-order valence-corrected chi connectivity index (χ0v) is 21.5. The minimum atomic E-state index is -0.194. The largest absolute Gasteiger partial charge is 0.496 e. The molecule has 0 saturated carbocycles. The first-order chi connectivity index (χ1) is 16.9. The number of carbonyl (C=O) groups excluding carboxylic acids is 1. The van der Waals surface area contributed by atoms with Crippen molar-refractivity contribution < 1.29 is 23.7 Å². The summed E-state index contributed by atoms with van der Waals surface area (Å²) < 4.78 is 21.7. The molecule has 0 unspecified atom stereocenters. The number of hydrogen-bond acceptors (Lipinski definition) is 7. The molecular formula is C26H36ClN3O5. The molecule has 3 rings (SSSR count). The molecule has 0 atom stereocenters. The molecule has 0 spiro atoms. The van der Waals surface area contributed by atoms with Crippen LogP contribution in [0, 0.1) is 5.92 Å². The van der Waals surface area contributed by atoms with E-state index in [1.165, 1.54) is 7.11 Å². The van der Waals surface area contributed by atoms with Crippen LogP contribution in [0.3, 0.4) is 0 Å². The van der Waals surface area contributed by atoms with Crippen LogP contribution >= 0.6 is 11.6 Å². The van der Waals surface area contributed by atoms with E-state index in [9.17, 15) is 4.79 Å². The Balaban J connectivity index is 1.32. The summed E-state index contributed by atoms with van der Waals surface area (Å²) in [6.07, 6.45) is 4.17. The van der Waals surface area contributed by atoms with Crippen LogP contribution in [0.1, 0.15) is 36.0 Å². The van der Waals surface area contributed by atoms with Crippen LogP contribution in [-0.4, -0.2) is 64.9 Å². The molecule has 8 nitrogen and oxygen atoms in total. The summed E-state index contributed by atoms with van der Waals surface area (Å²) in [6.45, 7) is 4.42. The van der Waals surface area contributed by atoms with E-state index in [-0.39, 0.29) is 5.91 Å². The zero-order valence-electron chi connectivity index (χ0n) is 20.8. The van der Waals surface area contributed by atoms with E-state index in [4.69, 9.17) is 36.3 Å². The number of nitrogens with one attached hydrogen (secondary N) is 1. The number of nitrogen functional groups attached to an aromatic ring is 1. The number of methoxy groups -OCH3 is 3. The zero-order chi connectivity index (χ0) is 25.2. The Morgan fingerprint density at radius 1 is 1.03 bits per heavy atom. The van der Waals surface area contributed by atoms with Crippen LogP contribution in [0.25, 0.3) is 0 Å². The number of anilines is 1. The molecule has 0 aromatic heterocycles. The van der Waals surface area contributed by atoms with Crippen LogP contribution in [0.4, 0.5) is 5.69 Å². The number of carbonyl (C=O) groups is 1. The van der Waals surface area contributed by atoms with Crippen molar-refractivity contribution in [2.45, 2.75) is 25.7 Å². The average Bonchev–Trinajstić information content (AvgIpc) is 2.88. The summed E-state index contributed by atoms with van der Waals surface area (Å²) in [5.41, 5.74) is 6.59. The number of piperidine rings is 1. The predicted molar refractivity (Wildman–Crippen MR) is 138 cm³/mol. The lowest BCUT2D eigenvalue weighted by atomic mass is 9.96. The van der Waals surface area contributed by atoms with Gasteiger partial charge in [-0.1, -0.05) is 11.6 Å². The fraction of sp³-hybridized carbons (Fsp3) is 0.500. The second kappa shape index (κ2) is 13.3. The molecule has 3 N–H and O–H groups in total. The topological polar surface area (TPSA) is 95.3 Å². The molecule has 2 aromatic carbocycles. The van der Waals surface area contributed by atoms with Gasteiger partial charge in [-0.3, -0.25) is 4.79 Å². The standard InChI is InChI=1S/C26H36ClN3O5/c1-32-23-7-6-19(14-25(23)34-3)35-13-5-4-10-30-11-8-18(9-12-30)17-29-26(31)20-15-21(27)22(28)16-24(20)33-2/h6-7,14-16,18H,4-5,8-13,17,28H2,1-3H3,(H,29,31). The van der Waals surface area contributed by atoms with Crippen molar-refractivity contribution in [3.8, 4) is 23.0 Å². The molecule has 0 bridgehead atoms. The number of unbranched alkanes of at least 4 members (excludes halogenated alkanes) is 1. The lowest BCUT2D eigenvalue weighted by Crippen LogP contribution is -2.39. The summed E-state index contributed by atoms with van der Waals surface area (Å²) in [6, 6.07) is 8.72. The molecule has 1 amide bonds. The predicted octanol–water partition coefficient (Wildman–Crippen LogP) is 4.25. The second-order valence-electron chi connectivity index (χ2n) is 8.64. The van der Waals surface area contributed by atoms with E-state index in [0.29, 0.717) is 52.6 Å². The number of likely N-dealkylation sites (tertiary alicyclic amines) is 1. The minimum Gasteiger partial charge on any atom is -0.496 e. The number of nitrogens with zero attached hydrogens (tertiary/aromatic N) is 1. The van der Waals surface area contributed by atoms with Gasteiger partial charge in [-0.25, -0.2) is 0 Å². The van der Waals surface area contributed by atoms with Crippen molar-refractivity contribution in [1.29, 1.82) is 0 Å². The number of halogens is 1. The maximum Gasteiger partial charge on any atom is 0.255 e. The highest BCUT2D eigenvalue weighted by Crippen LogP contribution is 2.31. The highest BCUT2D eigenvalue weighted by molar-refractivity contribution is 6.33. The van der Waals surface area contributed by atoms with Crippen LogP contribution in [0.5, 0.6) is 23.0 Å². The molecule has 1 aliphatic heterocycles. The fourth-order valence-electron chi connectivity index (χ4n) is 4.20. The first kappa shape index (κ1) is 26.8. The van der Waals surface area contributed by atoms with Crippen LogP contribution in [-0.2, 0) is 0 Å². The van der Waals surface area contributed by atoms with Gasteiger partial charge in [0, 0.05) is 18.7 Å². The smallest absolute Gasteiger partial charge is 0.255 e. The summed E-state index contributed by atoms with van der Waals surface area (Å²) in [4.78, 5) is 15.1. The summed E-state index contributed by atoms with van der Waals surface area (Å²) in [5.74, 6) is 2.83. The van der Waals surface area contributed by atoms with Crippen LogP contribution < -0.4 is 30.0 Å². The van der Waals surface area contributed by atoms with Crippen molar-refractivity contribution in [1.82, 2.24) is 10.2 Å². The van der Waals surface area contributed by atoms with Crippen molar-refractivity contribution >= 4 is 23.2 Å². The maximum absolute atomic E-state index is 12.6. The lowest BCUT2D eigenvalue weighted by molar-refractivity contribution is 0.0933. The van der Waals surface area contributed by atoms with Crippen LogP contribution in [0.15, 0.2) is 30.3 Å². The van der Waals surface area contributed by atoms with E-state index in [1.54, 1.807) is 26.4 Å². The number of ether oxygens (including phenoxy) is 4. The summed E-state index contributed by atoms with van der Waals surface area (Å²) in [7, 11) is 4.75.